The molecule has 2 atom stereocenters. The monoisotopic (exact) mass is 259 g/mol. The third kappa shape index (κ3) is 2.16. The van der Waals surface area contributed by atoms with Crippen LogP contribution in [-0.4, -0.2) is 12.1 Å². The first kappa shape index (κ1) is 13.0. The van der Waals surface area contributed by atoms with E-state index in [1.54, 1.807) is 0 Å². The van der Waals surface area contributed by atoms with E-state index in [2.05, 4.69) is 38.1 Å². The van der Waals surface area contributed by atoms with E-state index in [0.717, 1.165) is 25.2 Å². The Kier molecular flexibility index (Phi) is 3.09. The van der Waals surface area contributed by atoms with E-state index in [1.807, 2.05) is 0 Å². The van der Waals surface area contributed by atoms with Gasteiger partial charge in [0.1, 0.15) is 5.75 Å². The molecule has 0 aromatic heterocycles. The predicted octanol–water partition coefficient (Wildman–Crippen LogP) is 3.85. The minimum Gasteiger partial charge on any atom is -0.493 e. The van der Waals surface area contributed by atoms with Crippen LogP contribution in [0, 0.1) is 5.41 Å². The van der Waals surface area contributed by atoms with Crippen molar-refractivity contribution < 1.29 is 4.74 Å². The second-order valence-electron chi connectivity index (χ2n) is 6.97. The van der Waals surface area contributed by atoms with Gasteiger partial charge in [-0.3, -0.25) is 0 Å². The molecular formula is C17H25NO. The Labute approximate surface area is 116 Å². The number of fused-ring (bicyclic) bond motifs is 1. The van der Waals surface area contributed by atoms with Crippen molar-refractivity contribution in [3.05, 3.63) is 29.8 Å². The smallest absolute Gasteiger partial charge is 0.122 e. The molecule has 1 aliphatic heterocycles. The molecule has 1 fully saturated rings. The summed E-state index contributed by atoms with van der Waals surface area (Å²) < 4.78 is 5.76. The Morgan fingerprint density at radius 3 is 2.79 bits per heavy atom. The number of nitrogens with two attached hydrogens (primary N) is 1. The maximum Gasteiger partial charge on any atom is 0.122 e. The third-order valence-corrected chi connectivity index (χ3v) is 5.47. The van der Waals surface area contributed by atoms with Gasteiger partial charge in [0.2, 0.25) is 0 Å². The zero-order chi connectivity index (χ0) is 13.5. The minimum atomic E-state index is -0.0118. The Bertz CT molecular complexity index is 468. The van der Waals surface area contributed by atoms with E-state index >= 15 is 0 Å². The maximum atomic E-state index is 6.78. The van der Waals surface area contributed by atoms with Gasteiger partial charge in [0.15, 0.2) is 0 Å². The molecule has 2 unspecified atom stereocenters. The van der Waals surface area contributed by atoms with Gasteiger partial charge in [-0.05, 0) is 48.6 Å². The van der Waals surface area contributed by atoms with Crippen LogP contribution in [0.5, 0.6) is 5.75 Å². The molecule has 1 heterocycles. The molecule has 0 radical (unpaired) electrons. The lowest BCUT2D eigenvalue weighted by Gasteiger charge is -2.42. The van der Waals surface area contributed by atoms with Crippen molar-refractivity contribution in [1.29, 1.82) is 0 Å². The lowest BCUT2D eigenvalue weighted by molar-refractivity contribution is 0.165. The Hall–Kier alpha value is -1.02. The molecule has 0 saturated heterocycles. The summed E-state index contributed by atoms with van der Waals surface area (Å²) in [7, 11) is 0. The molecule has 104 valence electrons. The second-order valence-corrected chi connectivity index (χ2v) is 6.97. The second kappa shape index (κ2) is 4.52. The van der Waals surface area contributed by atoms with Crippen LogP contribution >= 0.6 is 0 Å². The van der Waals surface area contributed by atoms with E-state index in [9.17, 15) is 0 Å². The number of para-hydroxylation sites is 1. The SMILES string of the molecule is CC1(C)CCCC1(N)CC1CCOc2ccccc21. The quantitative estimate of drug-likeness (QED) is 0.875. The highest BCUT2D eigenvalue weighted by atomic mass is 16.5. The predicted molar refractivity (Wildman–Crippen MR) is 78.5 cm³/mol. The van der Waals surface area contributed by atoms with Crippen molar-refractivity contribution >= 4 is 0 Å². The molecule has 2 aliphatic rings. The molecule has 1 aromatic carbocycles. The van der Waals surface area contributed by atoms with E-state index < -0.39 is 0 Å². The van der Waals surface area contributed by atoms with Crippen LogP contribution in [0.4, 0.5) is 0 Å². The number of ether oxygens (including phenoxy) is 1. The average molecular weight is 259 g/mol. The first-order valence-electron chi connectivity index (χ1n) is 7.52. The topological polar surface area (TPSA) is 35.2 Å². The van der Waals surface area contributed by atoms with E-state index in [0.29, 0.717) is 5.92 Å². The highest BCUT2D eigenvalue weighted by Crippen LogP contribution is 2.50. The lowest BCUT2D eigenvalue weighted by atomic mass is 9.69. The van der Waals surface area contributed by atoms with E-state index in [4.69, 9.17) is 10.5 Å². The van der Waals surface area contributed by atoms with Crippen molar-refractivity contribution in [1.82, 2.24) is 0 Å². The standard InChI is InChI=1S/C17H25NO/c1-16(2)9-5-10-17(16,18)12-13-8-11-19-15-7-4-3-6-14(13)15/h3-4,6-7,13H,5,8-12,18H2,1-2H3. The van der Waals surface area contributed by atoms with Crippen LogP contribution in [0.2, 0.25) is 0 Å². The molecule has 2 heteroatoms. The molecule has 1 aliphatic carbocycles. The van der Waals surface area contributed by atoms with Gasteiger partial charge in [-0.2, -0.15) is 0 Å². The van der Waals surface area contributed by atoms with Crippen LogP contribution in [-0.2, 0) is 0 Å². The van der Waals surface area contributed by atoms with Gasteiger partial charge >= 0.3 is 0 Å². The molecular weight excluding hydrogens is 234 g/mol. The normalized spacial score (nSPS) is 32.7. The summed E-state index contributed by atoms with van der Waals surface area (Å²) in [5.41, 5.74) is 8.40. The van der Waals surface area contributed by atoms with Gasteiger partial charge in [-0.1, -0.05) is 38.5 Å². The van der Waals surface area contributed by atoms with Gasteiger partial charge in [0, 0.05) is 5.54 Å². The van der Waals surface area contributed by atoms with Crippen LogP contribution in [0.3, 0.4) is 0 Å². The fraction of sp³-hybridized carbons (Fsp3) is 0.647. The Morgan fingerprint density at radius 1 is 1.26 bits per heavy atom. The molecule has 0 spiro atoms. The average Bonchev–Trinajstić information content (AvgIpc) is 2.64. The molecule has 0 bridgehead atoms. The molecule has 1 saturated carbocycles. The fourth-order valence-corrected chi connectivity index (χ4v) is 3.88. The van der Waals surface area contributed by atoms with Crippen LogP contribution in [0.25, 0.3) is 0 Å². The van der Waals surface area contributed by atoms with Crippen molar-refractivity contribution in [3.8, 4) is 5.75 Å². The van der Waals surface area contributed by atoms with Crippen molar-refractivity contribution in [3.63, 3.8) is 0 Å². The third-order valence-electron chi connectivity index (χ3n) is 5.47. The minimum absolute atomic E-state index is 0.0118. The summed E-state index contributed by atoms with van der Waals surface area (Å²) in [5, 5.41) is 0. The molecule has 19 heavy (non-hydrogen) atoms. The molecule has 2 N–H and O–H groups in total. The lowest BCUT2D eigenvalue weighted by Crippen LogP contribution is -2.50. The molecule has 0 amide bonds. The van der Waals surface area contributed by atoms with Crippen molar-refractivity contribution in [2.45, 2.75) is 57.4 Å². The number of benzene rings is 1. The van der Waals surface area contributed by atoms with Gasteiger partial charge in [0.25, 0.3) is 0 Å². The maximum absolute atomic E-state index is 6.78. The zero-order valence-electron chi connectivity index (χ0n) is 12.1. The molecule has 3 rings (SSSR count). The summed E-state index contributed by atoms with van der Waals surface area (Å²) in [5.74, 6) is 1.63. The van der Waals surface area contributed by atoms with Gasteiger partial charge in [-0.15, -0.1) is 0 Å². The van der Waals surface area contributed by atoms with E-state index in [1.165, 1.54) is 24.8 Å². The van der Waals surface area contributed by atoms with E-state index in [-0.39, 0.29) is 11.0 Å². The molecule has 1 aromatic rings. The Balaban J connectivity index is 1.85. The van der Waals surface area contributed by atoms with Gasteiger partial charge < -0.3 is 10.5 Å². The van der Waals surface area contributed by atoms with Crippen molar-refractivity contribution in [2.75, 3.05) is 6.61 Å². The van der Waals surface area contributed by atoms with Crippen LogP contribution < -0.4 is 10.5 Å². The van der Waals surface area contributed by atoms with Crippen LogP contribution in [0.15, 0.2) is 24.3 Å². The van der Waals surface area contributed by atoms with Gasteiger partial charge in [0.05, 0.1) is 6.61 Å². The first-order valence-corrected chi connectivity index (χ1v) is 7.52. The summed E-state index contributed by atoms with van der Waals surface area (Å²) in [4.78, 5) is 0. The largest absolute Gasteiger partial charge is 0.493 e. The van der Waals surface area contributed by atoms with Crippen LogP contribution in [0.1, 0.15) is 57.4 Å². The Morgan fingerprint density at radius 2 is 2.05 bits per heavy atom. The summed E-state index contributed by atoms with van der Waals surface area (Å²) in [6, 6.07) is 8.47. The highest BCUT2D eigenvalue weighted by molar-refractivity contribution is 5.38. The number of hydrogen-bond donors (Lipinski definition) is 1. The van der Waals surface area contributed by atoms with Gasteiger partial charge in [-0.25, -0.2) is 0 Å². The summed E-state index contributed by atoms with van der Waals surface area (Å²) in [6.07, 6.45) is 5.90. The fourth-order valence-electron chi connectivity index (χ4n) is 3.88. The number of hydrogen-bond acceptors (Lipinski definition) is 2. The molecule has 2 nitrogen and oxygen atoms in total. The van der Waals surface area contributed by atoms with Crippen molar-refractivity contribution in [2.24, 2.45) is 11.1 Å². The summed E-state index contributed by atoms with van der Waals surface area (Å²) >= 11 is 0. The highest BCUT2D eigenvalue weighted by Gasteiger charge is 2.47. The number of rotatable bonds is 2. The zero-order valence-corrected chi connectivity index (χ0v) is 12.1. The summed E-state index contributed by atoms with van der Waals surface area (Å²) in [6.45, 7) is 5.51. The first-order chi connectivity index (χ1) is 9.02.